The second-order valence-electron chi connectivity index (χ2n) is 8.99. The maximum Gasteiger partial charge on any atom is 0.126 e. The van der Waals surface area contributed by atoms with Crippen LogP contribution >= 0.6 is 0 Å². The summed E-state index contributed by atoms with van der Waals surface area (Å²) in [5, 5.41) is 28.7. The van der Waals surface area contributed by atoms with Crippen LogP contribution in [-0.4, -0.2) is 41.7 Å². The van der Waals surface area contributed by atoms with Crippen LogP contribution in [0.15, 0.2) is 12.1 Å². The van der Waals surface area contributed by atoms with E-state index in [-0.39, 0.29) is 37.3 Å². The molecule has 0 aliphatic heterocycles. The van der Waals surface area contributed by atoms with E-state index < -0.39 is 5.41 Å². The van der Waals surface area contributed by atoms with Gasteiger partial charge in [0.25, 0.3) is 0 Å². The zero-order valence-electron chi connectivity index (χ0n) is 16.5. The Kier molecular flexibility index (Phi) is 7.04. The van der Waals surface area contributed by atoms with Gasteiger partial charge in [0.1, 0.15) is 12.4 Å². The van der Waals surface area contributed by atoms with E-state index in [0.29, 0.717) is 6.54 Å². The Balaban J connectivity index is 3.49. The fraction of sp³-hybridized carbons (Fsp3) is 0.700. The summed E-state index contributed by atoms with van der Waals surface area (Å²) in [6.45, 7) is 12.1. The molecule has 0 heterocycles. The van der Waals surface area contributed by atoms with Crippen LogP contribution in [0, 0.1) is 5.41 Å². The molecule has 5 N–H and O–H groups in total. The highest BCUT2D eigenvalue weighted by Crippen LogP contribution is 2.41. The summed E-state index contributed by atoms with van der Waals surface area (Å²) in [6.07, 6.45) is 0. The Bertz CT molecular complexity index is 523. The standard InChI is InChI=1S/C20H35NO4/c1-18(2,3)15-7-14(9-21)8-16(19(4,5)6)17(15)25-13-20(10-22,11-23)12-24/h7-8,22-24H,9-13,21H2,1-6H3. The minimum Gasteiger partial charge on any atom is -0.492 e. The van der Waals surface area contributed by atoms with Crippen molar-refractivity contribution >= 4 is 0 Å². The molecule has 1 aromatic carbocycles. The Hall–Kier alpha value is -1.14. The van der Waals surface area contributed by atoms with Gasteiger partial charge in [-0.3, -0.25) is 0 Å². The van der Waals surface area contributed by atoms with Crippen LogP contribution in [0.2, 0.25) is 0 Å². The third-order valence-corrected chi connectivity index (χ3v) is 4.53. The Labute approximate surface area is 151 Å². The van der Waals surface area contributed by atoms with Crippen molar-refractivity contribution in [3.63, 3.8) is 0 Å². The van der Waals surface area contributed by atoms with Gasteiger partial charge in [0.2, 0.25) is 0 Å². The number of aliphatic hydroxyl groups is 3. The van der Waals surface area contributed by atoms with Crippen molar-refractivity contribution in [2.75, 3.05) is 26.4 Å². The maximum absolute atomic E-state index is 9.58. The molecule has 0 spiro atoms. The van der Waals surface area contributed by atoms with Crippen LogP contribution < -0.4 is 10.5 Å². The van der Waals surface area contributed by atoms with Crippen LogP contribution in [0.1, 0.15) is 58.2 Å². The predicted molar refractivity (Wildman–Crippen MR) is 101 cm³/mol. The van der Waals surface area contributed by atoms with Gasteiger partial charge in [-0.2, -0.15) is 0 Å². The van der Waals surface area contributed by atoms with Crippen LogP contribution in [0.3, 0.4) is 0 Å². The first-order chi connectivity index (χ1) is 11.4. The summed E-state index contributed by atoms with van der Waals surface area (Å²) in [5.74, 6) is 0.747. The summed E-state index contributed by atoms with van der Waals surface area (Å²) >= 11 is 0. The molecule has 0 aromatic heterocycles. The van der Waals surface area contributed by atoms with Gasteiger partial charge in [-0.1, -0.05) is 53.7 Å². The summed E-state index contributed by atoms with van der Waals surface area (Å²) in [6, 6.07) is 4.12. The molecule has 0 fully saturated rings. The number of ether oxygens (including phenoxy) is 1. The third kappa shape index (κ3) is 5.17. The molecule has 0 saturated carbocycles. The molecule has 0 bridgehead atoms. The summed E-state index contributed by atoms with van der Waals surface area (Å²) in [5.41, 5.74) is 7.59. The van der Waals surface area contributed by atoms with E-state index >= 15 is 0 Å². The third-order valence-electron chi connectivity index (χ3n) is 4.53. The summed E-state index contributed by atoms with van der Waals surface area (Å²) in [7, 11) is 0. The first-order valence-corrected chi connectivity index (χ1v) is 8.77. The SMILES string of the molecule is CC(C)(C)c1cc(CN)cc(C(C)(C)C)c1OCC(CO)(CO)CO. The van der Waals surface area contributed by atoms with Crippen LogP contribution in [0.4, 0.5) is 0 Å². The van der Waals surface area contributed by atoms with Gasteiger partial charge in [0, 0.05) is 17.7 Å². The summed E-state index contributed by atoms with van der Waals surface area (Å²) < 4.78 is 6.14. The van der Waals surface area contributed by atoms with Crippen molar-refractivity contribution in [1.82, 2.24) is 0 Å². The van der Waals surface area contributed by atoms with E-state index in [1.807, 2.05) is 0 Å². The minimum atomic E-state index is -1.07. The van der Waals surface area contributed by atoms with Gasteiger partial charge in [0.15, 0.2) is 0 Å². The fourth-order valence-corrected chi connectivity index (χ4v) is 2.59. The Morgan fingerprint density at radius 3 is 1.52 bits per heavy atom. The Morgan fingerprint density at radius 1 is 0.840 bits per heavy atom. The number of hydrogen-bond donors (Lipinski definition) is 4. The lowest BCUT2D eigenvalue weighted by atomic mass is 9.78. The van der Waals surface area contributed by atoms with Gasteiger partial charge < -0.3 is 25.8 Å². The van der Waals surface area contributed by atoms with Crippen LogP contribution in [0.25, 0.3) is 0 Å². The smallest absolute Gasteiger partial charge is 0.126 e. The molecule has 0 saturated heterocycles. The fourth-order valence-electron chi connectivity index (χ4n) is 2.59. The Morgan fingerprint density at radius 2 is 1.24 bits per heavy atom. The molecule has 0 amide bonds. The van der Waals surface area contributed by atoms with E-state index in [9.17, 15) is 15.3 Å². The highest BCUT2D eigenvalue weighted by molar-refractivity contribution is 5.51. The average molecular weight is 354 g/mol. The van der Waals surface area contributed by atoms with Gasteiger partial charge in [-0.25, -0.2) is 0 Å². The van der Waals surface area contributed by atoms with E-state index in [1.54, 1.807) is 0 Å². The van der Waals surface area contributed by atoms with E-state index in [4.69, 9.17) is 10.5 Å². The quantitative estimate of drug-likeness (QED) is 0.602. The van der Waals surface area contributed by atoms with Gasteiger partial charge >= 0.3 is 0 Å². The molecule has 1 rings (SSSR count). The number of nitrogens with two attached hydrogens (primary N) is 1. The van der Waals surface area contributed by atoms with Crippen molar-refractivity contribution in [2.45, 2.75) is 58.9 Å². The van der Waals surface area contributed by atoms with Crippen LogP contribution in [-0.2, 0) is 17.4 Å². The molecule has 5 heteroatoms. The van der Waals surface area contributed by atoms with E-state index in [2.05, 4.69) is 53.7 Å². The lowest BCUT2D eigenvalue weighted by molar-refractivity contribution is -0.0265. The van der Waals surface area contributed by atoms with Gasteiger partial charge in [0.05, 0.1) is 25.2 Å². The van der Waals surface area contributed by atoms with Crippen molar-refractivity contribution < 1.29 is 20.1 Å². The van der Waals surface area contributed by atoms with Crippen molar-refractivity contribution in [3.8, 4) is 5.75 Å². The second kappa shape index (κ2) is 8.04. The monoisotopic (exact) mass is 353 g/mol. The summed E-state index contributed by atoms with van der Waals surface area (Å²) in [4.78, 5) is 0. The van der Waals surface area contributed by atoms with Crippen molar-refractivity contribution in [3.05, 3.63) is 28.8 Å². The first-order valence-electron chi connectivity index (χ1n) is 8.77. The highest BCUT2D eigenvalue weighted by atomic mass is 16.5. The number of benzene rings is 1. The first kappa shape index (κ1) is 21.9. The molecule has 0 aliphatic carbocycles. The topological polar surface area (TPSA) is 95.9 Å². The molecular formula is C20H35NO4. The molecule has 0 atom stereocenters. The van der Waals surface area contributed by atoms with Crippen molar-refractivity contribution in [1.29, 1.82) is 0 Å². The molecular weight excluding hydrogens is 318 g/mol. The number of hydrogen-bond acceptors (Lipinski definition) is 5. The van der Waals surface area contributed by atoms with Gasteiger partial charge in [-0.15, -0.1) is 0 Å². The lowest BCUT2D eigenvalue weighted by Crippen LogP contribution is -2.40. The molecule has 144 valence electrons. The largest absolute Gasteiger partial charge is 0.492 e. The maximum atomic E-state index is 9.58. The predicted octanol–water partition coefficient (Wildman–Crippen LogP) is 2.08. The molecule has 1 aromatic rings. The zero-order valence-corrected chi connectivity index (χ0v) is 16.5. The number of rotatable bonds is 7. The highest BCUT2D eigenvalue weighted by Gasteiger charge is 2.33. The molecule has 5 nitrogen and oxygen atoms in total. The van der Waals surface area contributed by atoms with Crippen LogP contribution in [0.5, 0.6) is 5.75 Å². The molecule has 0 unspecified atom stereocenters. The second-order valence-corrected chi connectivity index (χ2v) is 8.99. The number of aliphatic hydroxyl groups excluding tert-OH is 3. The minimum absolute atomic E-state index is 0.0324. The molecule has 0 radical (unpaired) electrons. The lowest BCUT2D eigenvalue weighted by Gasteiger charge is -2.33. The normalized spacial score (nSPS) is 13.2. The molecule has 25 heavy (non-hydrogen) atoms. The van der Waals surface area contributed by atoms with Crippen molar-refractivity contribution in [2.24, 2.45) is 11.1 Å². The molecule has 0 aliphatic rings. The van der Waals surface area contributed by atoms with Gasteiger partial charge in [-0.05, 0) is 16.4 Å². The van der Waals surface area contributed by atoms with E-state index in [1.165, 1.54) is 0 Å². The average Bonchev–Trinajstić information content (AvgIpc) is 2.54. The van der Waals surface area contributed by atoms with E-state index in [0.717, 1.165) is 22.4 Å². The zero-order chi connectivity index (χ0) is 19.5.